The van der Waals surface area contributed by atoms with E-state index in [1.54, 1.807) is 17.5 Å². The Morgan fingerprint density at radius 3 is 2.95 bits per heavy atom. The molecule has 2 aromatic rings. The summed E-state index contributed by atoms with van der Waals surface area (Å²) in [7, 11) is 1.42. The molecule has 0 aliphatic heterocycles. The monoisotopic (exact) mass is 307 g/mol. The van der Waals surface area contributed by atoms with Gasteiger partial charge in [0.2, 0.25) is 0 Å². The van der Waals surface area contributed by atoms with Gasteiger partial charge in [0.05, 0.1) is 23.9 Å². The first-order valence-electron chi connectivity index (χ1n) is 6.99. The number of hydrogen-bond donors (Lipinski definition) is 2. The Morgan fingerprint density at radius 1 is 1.52 bits per heavy atom. The number of ether oxygens (including phenoxy) is 1. The van der Waals surface area contributed by atoms with Gasteiger partial charge in [-0.1, -0.05) is 19.9 Å². The number of H-pyrrole nitrogens is 1. The third kappa shape index (κ3) is 4.15. The maximum atomic E-state index is 11.8. The van der Waals surface area contributed by atoms with Gasteiger partial charge in [-0.25, -0.2) is 0 Å². The second-order valence-corrected chi connectivity index (χ2v) is 6.28. The van der Waals surface area contributed by atoms with E-state index in [1.165, 1.54) is 7.11 Å². The van der Waals surface area contributed by atoms with Gasteiger partial charge < -0.3 is 10.1 Å². The highest BCUT2D eigenvalue weighted by molar-refractivity contribution is 7.13. The Hall–Kier alpha value is -1.66. The predicted molar refractivity (Wildman–Crippen MR) is 84.0 cm³/mol. The quantitative estimate of drug-likeness (QED) is 0.772. The van der Waals surface area contributed by atoms with Crippen LogP contribution in [0.3, 0.4) is 0 Å². The lowest BCUT2D eigenvalue weighted by atomic mass is 10.0. The van der Waals surface area contributed by atoms with Crippen molar-refractivity contribution in [3.05, 3.63) is 29.3 Å². The van der Waals surface area contributed by atoms with E-state index in [-0.39, 0.29) is 12.0 Å². The van der Waals surface area contributed by atoms with E-state index in [0.717, 1.165) is 22.6 Å². The minimum absolute atomic E-state index is 0.218. The number of esters is 1. The van der Waals surface area contributed by atoms with Crippen molar-refractivity contribution in [2.24, 2.45) is 5.92 Å². The number of rotatable bonds is 7. The number of carbonyl (C=O) groups is 1. The van der Waals surface area contributed by atoms with E-state index in [9.17, 15) is 4.79 Å². The van der Waals surface area contributed by atoms with E-state index < -0.39 is 0 Å². The molecule has 2 N–H and O–H groups in total. The average molecular weight is 307 g/mol. The second-order valence-electron chi connectivity index (χ2n) is 5.33. The van der Waals surface area contributed by atoms with Gasteiger partial charge in [-0.3, -0.25) is 9.89 Å². The van der Waals surface area contributed by atoms with E-state index >= 15 is 0 Å². The SMILES string of the molecule is COC(=O)C(CC(C)C)NCc1cn[nH]c1-c1cccs1. The summed E-state index contributed by atoms with van der Waals surface area (Å²) >= 11 is 1.66. The third-order valence-electron chi connectivity index (χ3n) is 3.22. The van der Waals surface area contributed by atoms with E-state index in [1.807, 2.05) is 17.5 Å². The van der Waals surface area contributed by atoms with E-state index in [4.69, 9.17) is 4.74 Å². The average Bonchev–Trinajstić information content (AvgIpc) is 3.12. The Labute approximate surface area is 128 Å². The number of hydrogen-bond acceptors (Lipinski definition) is 5. The first kappa shape index (κ1) is 15.7. The molecular formula is C15H21N3O2S. The molecule has 0 aliphatic carbocycles. The Balaban J connectivity index is 2.04. The van der Waals surface area contributed by atoms with Gasteiger partial charge in [-0.2, -0.15) is 5.10 Å². The van der Waals surface area contributed by atoms with Crippen LogP contribution in [0.25, 0.3) is 10.6 Å². The molecule has 0 saturated heterocycles. The molecule has 0 fully saturated rings. The molecule has 5 nitrogen and oxygen atoms in total. The fourth-order valence-electron chi connectivity index (χ4n) is 2.19. The Morgan fingerprint density at radius 2 is 2.33 bits per heavy atom. The zero-order valence-corrected chi connectivity index (χ0v) is 13.4. The smallest absolute Gasteiger partial charge is 0.322 e. The molecule has 0 spiro atoms. The number of carbonyl (C=O) groups excluding carboxylic acids is 1. The maximum Gasteiger partial charge on any atom is 0.322 e. The van der Waals surface area contributed by atoms with Crippen LogP contribution in [-0.4, -0.2) is 29.3 Å². The van der Waals surface area contributed by atoms with E-state index in [2.05, 4.69) is 29.4 Å². The van der Waals surface area contributed by atoms with Crippen molar-refractivity contribution in [1.29, 1.82) is 0 Å². The standard InChI is InChI=1S/C15H21N3O2S/c1-10(2)7-12(15(19)20-3)16-8-11-9-17-18-14(11)13-5-4-6-21-13/h4-6,9-10,12,16H,7-8H2,1-3H3,(H,17,18). The first-order chi connectivity index (χ1) is 10.1. The predicted octanol–water partition coefficient (Wildman–Crippen LogP) is 2.82. The molecule has 1 unspecified atom stereocenters. The lowest BCUT2D eigenvalue weighted by Gasteiger charge is -2.18. The summed E-state index contributed by atoms with van der Waals surface area (Å²) in [5, 5.41) is 12.4. The van der Waals surface area contributed by atoms with Crippen molar-refractivity contribution < 1.29 is 9.53 Å². The summed E-state index contributed by atoms with van der Waals surface area (Å²) in [6.45, 7) is 4.76. The van der Waals surface area contributed by atoms with Crippen LogP contribution in [0.5, 0.6) is 0 Å². The Kier molecular flexibility index (Phi) is 5.52. The molecule has 0 radical (unpaired) electrons. The molecule has 114 valence electrons. The highest BCUT2D eigenvalue weighted by atomic mass is 32.1. The maximum absolute atomic E-state index is 11.8. The summed E-state index contributed by atoms with van der Waals surface area (Å²) in [6.07, 6.45) is 2.55. The number of thiophene rings is 1. The summed E-state index contributed by atoms with van der Waals surface area (Å²) in [4.78, 5) is 13.0. The summed E-state index contributed by atoms with van der Waals surface area (Å²) in [5.74, 6) is 0.201. The zero-order chi connectivity index (χ0) is 15.2. The van der Waals surface area contributed by atoms with Gasteiger partial charge in [-0.15, -0.1) is 11.3 Å². The molecule has 0 amide bonds. The molecule has 2 aromatic heterocycles. The van der Waals surface area contributed by atoms with Crippen molar-refractivity contribution in [3.8, 4) is 10.6 Å². The van der Waals surface area contributed by atoms with Crippen molar-refractivity contribution in [2.75, 3.05) is 7.11 Å². The van der Waals surface area contributed by atoms with Crippen LogP contribution in [0.2, 0.25) is 0 Å². The van der Waals surface area contributed by atoms with Crippen molar-refractivity contribution in [1.82, 2.24) is 15.5 Å². The van der Waals surface area contributed by atoms with Gasteiger partial charge >= 0.3 is 5.97 Å². The number of nitrogens with one attached hydrogen (secondary N) is 2. The zero-order valence-electron chi connectivity index (χ0n) is 12.6. The molecule has 0 aliphatic rings. The lowest BCUT2D eigenvalue weighted by molar-refractivity contribution is -0.143. The number of aromatic amines is 1. The molecule has 1 atom stereocenters. The lowest BCUT2D eigenvalue weighted by Crippen LogP contribution is -2.38. The van der Waals surface area contributed by atoms with Gasteiger partial charge in [-0.05, 0) is 23.8 Å². The fourth-order valence-corrected chi connectivity index (χ4v) is 2.94. The van der Waals surface area contributed by atoms with Gasteiger partial charge in [0.1, 0.15) is 6.04 Å². The summed E-state index contributed by atoms with van der Waals surface area (Å²) in [6, 6.07) is 3.77. The fraction of sp³-hybridized carbons (Fsp3) is 0.467. The number of methoxy groups -OCH3 is 1. The van der Waals surface area contributed by atoms with Crippen molar-refractivity contribution in [3.63, 3.8) is 0 Å². The van der Waals surface area contributed by atoms with Gasteiger partial charge in [0, 0.05) is 12.1 Å². The largest absolute Gasteiger partial charge is 0.468 e. The van der Waals surface area contributed by atoms with E-state index in [0.29, 0.717) is 12.5 Å². The minimum Gasteiger partial charge on any atom is -0.468 e. The highest BCUT2D eigenvalue weighted by Gasteiger charge is 2.20. The Bertz CT molecular complexity index is 563. The molecule has 21 heavy (non-hydrogen) atoms. The highest BCUT2D eigenvalue weighted by Crippen LogP contribution is 2.25. The normalized spacial score (nSPS) is 12.6. The summed E-state index contributed by atoms with van der Waals surface area (Å²) in [5.41, 5.74) is 2.06. The molecule has 0 bridgehead atoms. The topological polar surface area (TPSA) is 67.0 Å². The number of aromatic nitrogens is 2. The van der Waals surface area contributed by atoms with Crippen LogP contribution < -0.4 is 5.32 Å². The molecular weight excluding hydrogens is 286 g/mol. The van der Waals surface area contributed by atoms with Crippen LogP contribution in [0.15, 0.2) is 23.7 Å². The van der Waals surface area contributed by atoms with Gasteiger partial charge in [0.25, 0.3) is 0 Å². The third-order valence-corrected chi connectivity index (χ3v) is 4.10. The molecule has 6 heteroatoms. The van der Waals surface area contributed by atoms with Crippen LogP contribution in [0.1, 0.15) is 25.8 Å². The molecule has 2 rings (SSSR count). The van der Waals surface area contributed by atoms with Crippen LogP contribution >= 0.6 is 11.3 Å². The number of nitrogens with zero attached hydrogens (tertiary/aromatic N) is 1. The molecule has 0 aromatic carbocycles. The van der Waals surface area contributed by atoms with Crippen molar-refractivity contribution in [2.45, 2.75) is 32.9 Å². The van der Waals surface area contributed by atoms with Crippen molar-refractivity contribution >= 4 is 17.3 Å². The van der Waals surface area contributed by atoms with Crippen LogP contribution in [0.4, 0.5) is 0 Å². The second kappa shape index (κ2) is 7.38. The molecule has 0 saturated carbocycles. The summed E-state index contributed by atoms with van der Waals surface area (Å²) < 4.78 is 4.86. The van der Waals surface area contributed by atoms with Crippen LogP contribution in [-0.2, 0) is 16.1 Å². The van der Waals surface area contributed by atoms with Crippen LogP contribution in [0, 0.1) is 5.92 Å². The minimum atomic E-state index is -0.291. The first-order valence-corrected chi connectivity index (χ1v) is 7.87. The van der Waals surface area contributed by atoms with Gasteiger partial charge in [0.15, 0.2) is 0 Å². The molecule has 2 heterocycles.